The zero-order valence-electron chi connectivity index (χ0n) is 18.0. The van der Waals surface area contributed by atoms with Crippen molar-refractivity contribution in [1.29, 1.82) is 0 Å². The van der Waals surface area contributed by atoms with E-state index in [4.69, 9.17) is 4.74 Å². The molecule has 0 atom stereocenters. The number of nitrogens with zero attached hydrogens (tertiary/aromatic N) is 3. The molecule has 2 aromatic carbocycles. The Morgan fingerprint density at radius 1 is 0.912 bits per heavy atom. The summed E-state index contributed by atoms with van der Waals surface area (Å²) < 4.78 is 19.2. The molecule has 0 spiro atoms. The highest BCUT2D eigenvalue weighted by atomic mass is 19.1. The summed E-state index contributed by atoms with van der Waals surface area (Å²) in [5, 5.41) is 19.2. The van der Waals surface area contributed by atoms with Crippen LogP contribution in [-0.2, 0) is 0 Å². The quantitative estimate of drug-likeness (QED) is 0.320. The van der Waals surface area contributed by atoms with E-state index in [1.165, 1.54) is 12.1 Å². The average molecular weight is 451 g/mol. The molecule has 0 amide bonds. The first kappa shape index (κ1) is 19.9. The third-order valence-electron chi connectivity index (χ3n) is 5.83. The molecule has 0 bridgehead atoms. The minimum absolute atomic E-state index is 0.131. The number of fused-ring (bicyclic) bond motifs is 2. The molecule has 4 aromatic heterocycles. The molecular weight excluding hydrogens is 433 g/mol. The standard InChI is InChI=1S/C26H18FN5O2/c1-34-19-8-16(12-28-13-19)14-2-3-23-22(9-14)25(32-31-23)24-11-21-20(4-5-29-26(21)30-24)15-6-17(27)10-18(33)7-15/h2-13,33H,1H3,(H,29,30)(H,31,32). The molecular formula is C26H18FN5O2. The van der Waals surface area contributed by atoms with Gasteiger partial charge in [-0.1, -0.05) is 6.07 Å². The highest BCUT2D eigenvalue weighted by Crippen LogP contribution is 2.35. The van der Waals surface area contributed by atoms with E-state index >= 15 is 0 Å². The molecule has 0 unspecified atom stereocenters. The van der Waals surface area contributed by atoms with Crippen LogP contribution in [0.2, 0.25) is 0 Å². The van der Waals surface area contributed by atoms with Gasteiger partial charge >= 0.3 is 0 Å². The van der Waals surface area contributed by atoms with Gasteiger partial charge in [0.05, 0.1) is 24.5 Å². The zero-order chi connectivity index (χ0) is 23.2. The Morgan fingerprint density at radius 2 is 1.82 bits per heavy atom. The van der Waals surface area contributed by atoms with E-state index in [2.05, 4.69) is 31.2 Å². The Labute approximate surface area is 192 Å². The number of aromatic hydroxyl groups is 1. The lowest BCUT2D eigenvalue weighted by Gasteiger charge is -2.04. The van der Waals surface area contributed by atoms with Crippen molar-refractivity contribution in [2.24, 2.45) is 0 Å². The van der Waals surface area contributed by atoms with Gasteiger partial charge in [0.25, 0.3) is 0 Å². The van der Waals surface area contributed by atoms with Crippen molar-refractivity contribution < 1.29 is 14.2 Å². The number of methoxy groups -OCH3 is 1. The summed E-state index contributed by atoms with van der Waals surface area (Å²) in [6, 6.07) is 15.7. The van der Waals surface area contributed by atoms with Crippen LogP contribution < -0.4 is 4.74 Å². The van der Waals surface area contributed by atoms with Crippen molar-refractivity contribution in [1.82, 2.24) is 25.1 Å². The first-order valence-corrected chi connectivity index (χ1v) is 10.5. The van der Waals surface area contributed by atoms with Crippen LogP contribution >= 0.6 is 0 Å². The second-order valence-corrected chi connectivity index (χ2v) is 7.95. The molecule has 6 aromatic rings. The second-order valence-electron chi connectivity index (χ2n) is 7.95. The van der Waals surface area contributed by atoms with Crippen LogP contribution in [0.15, 0.2) is 73.2 Å². The number of phenols is 1. The largest absolute Gasteiger partial charge is 0.508 e. The number of hydrogen-bond donors (Lipinski definition) is 3. The summed E-state index contributed by atoms with van der Waals surface area (Å²) in [6.45, 7) is 0. The Bertz CT molecular complexity index is 1670. The van der Waals surface area contributed by atoms with Gasteiger partial charge in [-0.3, -0.25) is 10.1 Å². The Morgan fingerprint density at radius 3 is 2.68 bits per heavy atom. The maximum Gasteiger partial charge on any atom is 0.138 e. The van der Waals surface area contributed by atoms with Crippen molar-refractivity contribution in [2.45, 2.75) is 0 Å². The minimum Gasteiger partial charge on any atom is -0.508 e. The molecule has 0 fully saturated rings. The van der Waals surface area contributed by atoms with Crippen LogP contribution in [0.5, 0.6) is 11.5 Å². The molecule has 4 heterocycles. The molecule has 6 rings (SSSR count). The number of pyridine rings is 2. The number of nitrogens with one attached hydrogen (secondary N) is 2. The summed E-state index contributed by atoms with van der Waals surface area (Å²) in [7, 11) is 1.61. The molecule has 3 N–H and O–H groups in total. The number of benzene rings is 2. The summed E-state index contributed by atoms with van der Waals surface area (Å²) in [5.74, 6) is 0.0461. The fourth-order valence-electron chi connectivity index (χ4n) is 4.22. The number of aromatic nitrogens is 5. The maximum absolute atomic E-state index is 13.9. The van der Waals surface area contributed by atoms with Gasteiger partial charge < -0.3 is 14.8 Å². The number of ether oxygens (including phenoxy) is 1. The van der Waals surface area contributed by atoms with Gasteiger partial charge in [0.1, 0.15) is 28.7 Å². The number of hydrogen-bond acceptors (Lipinski definition) is 5. The molecule has 0 saturated heterocycles. The summed E-state index contributed by atoms with van der Waals surface area (Å²) in [5.41, 5.74) is 6.26. The van der Waals surface area contributed by atoms with Crippen molar-refractivity contribution >= 4 is 21.9 Å². The predicted octanol–water partition coefficient (Wildman–Crippen LogP) is 5.69. The fraction of sp³-hybridized carbons (Fsp3) is 0.0385. The Balaban J connectivity index is 1.49. The normalized spacial score (nSPS) is 11.4. The SMILES string of the molecule is COc1cncc(-c2ccc3[nH]nc(-c4cc5c(-c6cc(O)cc(F)c6)ccnc5[nH]4)c3c2)c1. The first-order chi connectivity index (χ1) is 16.6. The third kappa shape index (κ3) is 3.32. The van der Waals surface area contributed by atoms with Gasteiger partial charge in [-0.05, 0) is 59.2 Å². The van der Waals surface area contributed by atoms with Crippen LogP contribution in [0.4, 0.5) is 4.39 Å². The lowest BCUT2D eigenvalue weighted by molar-refractivity contribution is 0.413. The molecule has 0 radical (unpaired) electrons. The van der Waals surface area contributed by atoms with Gasteiger partial charge in [-0.25, -0.2) is 9.37 Å². The van der Waals surface area contributed by atoms with E-state index in [0.29, 0.717) is 17.0 Å². The third-order valence-corrected chi connectivity index (χ3v) is 5.83. The van der Waals surface area contributed by atoms with E-state index in [1.807, 2.05) is 24.3 Å². The highest BCUT2D eigenvalue weighted by molar-refractivity contribution is 6.00. The van der Waals surface area contributed by atoms with Gasteiger partial charge in [0.15, 0.2) is 0 Å². The van der Waals surface area contributed by atoms with Crippen molar-refractivity contribution in [2.75, 3.05) is 7.11 Å². The van der Waals surface area contributed by atoms with E-state index < -0.39 is 5.82 Å². The summed E-state index contributed by atoms with van der Waals surface area (Å²) >= 11 is 0. The Kier molecular flexibility index (Phi) is 4.51. The lowest BCUT2D eigenvalue weighted by Crippen LogP contribution is -1.86. The Hall–Kier alpha value is -4.72. The van der Waals surface area contributed by atoms with Gasteiger partial charge in [-0.2, -0.15) is 5.10 Å². The van der Waals surface area contributed by atoms with Crippen LogP contribution in [0, 0.1) is 5.82 Å². The van der Waals surface area contributed by atoms with Gasteiger partial charge in [0, 0.05) is 34.8 Å². The first-order valence-electron chi connectivity index (χ1n) is 10.5. The maximum atomic E-state index is 13.9. The molecule has 0 aliphatic heterocycles. The average Bonchev–Trinajstić information content (AvgIpc) is 3.46. The number of halogens is 1. The van der Waals surface area contributed by atoms with Crippen LogP contribution in [0.3, 0.4) is 0 Å². The highest BCUT2D eigenvalue weighted by Gasteiger charge is 2.16. The van der Waals surface area contributed by atoms with Gasteiger partial charge in [0.2, 0.25) is 0 Å². The van der Waals surface area contributed by atoms with Crippen molar-refractivity contribution in [3.8, 4) is 45.1 Å². The van der Waals surface area contributed by atoms with Crippen molar-refractivity contribution in [3.05, 3.63) is 79.0 Å². The molecule has 8 heteroatoms. The number of H-pyrrole nitrogens is 2. The molecule has 0 saturated carbocycles. The van der Waals surface area contributed by atoms with E-state index in [9.17, 15) is 9.50 Å². The number of phenolic OH excluding ortho intramolecular Hbond substituents is 1. The summed E-state index contributed by atoms with van der Waals surface area (Å²) in [6.07, 6.45) is 5.10. The fourth-order valence-corrected chi connectivity index (χ4v) is 4.22. The van der Waals surface area contributed by atoms with Crippen molar-refractivity contribution in [3.63, 3.8) is 0 Å². The lowest BCUT2D eigenvalue weighted by atomic mass is 10.0. The molecule has 34 heavy (non-hydrogen) atoms. The topological polar surface area (TPSA) is 99.7 Å². The van der Waals surface area contributed by atoms with Crippen LogP contribution in [0.1, 0.15) is 0 Å². The predicted molar refractivity (Wildman–Crippen MR) is 128 cm³/mol. The smallest absolute Gasteiger partial charge is 0.138 e. The molecule has 0 aliphatic rings. The van der Waals surface area contributed by atoms with Crippen LogP contribution in [-0.4, -0.2) is 37.4 Å². The van der Waals surface area contributed by atoms with Gasteiger partial charge in [-0.15, -0.1) is 0 Å². The van der Waals surface area contributed by atoms with Crippen LogP contribution in [0.25, 0.3) is 55.6 Å². The minimum atomic E-state index is -0.506. The molecule has 7 nitrogen and oxygen atoms in total. The van der Waals surface area contributed by atoms with E-state index in [0.717, 1.165) is 50.4 Å². The van der Waals surface area contributed by atoms with E-state index in [1.54, 1.807) is 31.8 Å². The summed E-state index contributed by atoms with van der Waals surface area (Å²) in [4.78, 5) is 12.0. The second kappa shape index (κ2) is 7.70. The number of aromatic amines is 2. The molecule has 166 valence electrons. The number of rotatable bonds is 4. The van der Waals surface area contributed by atoms with E-state index in [-0.39, 0.29) is 5.75 Å². The monoisotopic (exact) mass is 451 g/mol. The zero-order valence-corrected chi connectivity index (χ0v) is 18.0. The molecule has 0 aliphatic carbocycles.